The lowest BCUT2D eigenvalue weighted by atomic mass is 10.1. The van der Waals surface area contributed by atoms with Crippen LogP contribution in [0.5, 0.6) is 0 Å². The number of nitrogens with one attached hydrogen (secondary N) is 1. The monoisotopic (exact) mass is 280 g/mol. The van der Waals surface area contributed by atoms with Crippen LogP contribution in [0.3, 0.4) is 0 Å². The second-order valence-corrected chi connectivity index (χ2v) is 5.04. The quantitative estimate of drug-likeness (QED) is 0.864. The van der Waals surface area contributed by atoms with E-state index in [1.54, 1.807) is 12.1 Å². The fourth-order valence-corrected chi connectivity index (χ4v) is 2.71. The minimum absolute atomic E-state index is 0.0421. The number of halogens is 1. The van der Waals surface area contributed by atoms with Crippen LogP contribution in [0.4, 0.5) is 5.69 Å². The third kappa shape index (κ3) is 2.73. The first-order chi connectivity index (χ1) is 9.04. The Balaban J connectivity index is 2.33. The van der Waals surface area contributed by atoms with Crippen LogP contribution < -0.4 is 10.2 Å². The summed E-state index contributed by atoms with van der Waals surface area (Å²) >= 11 is 6.12. The van der Waals surface area contributed by atoms with Crippen molar-refractivity contribution < 1.29 is 9.59 Å². The highest BCUT2D eigenvalue weighted by Crippen LogP contribution is 2.27. The molecule has 2 rings (SSSR count). The number of hydrogen-bond donors (Lipinski definition) is 1. The third-order valence-corrected chi connectivity index (χ3v) is 3.69. The zero-order valence-electron chi connectivity index (χ0n) is 11.1. The van der Waals surface area contributed by atoms with Gasteiger partial charge in [-0.05, 0) is 31.5 Å². The summed E-state index contributed by atoms with van der Waals surface area (Å²) in [6, 6.07) is 5.16. The Labute approximate surface area is 117 Å². The molecule has 0 bridgehead atoms. The molecule has 19 heavy (non-hydrogen) atoms. The van der Waals surface area contributed by atoms with Crippen LogP contribution in [0.15, 0.2) is 18.2 Å². The van der Waals surface area contributed by atoms with Gasteiger partial charge in [-0.15, -0.1) is 0 Å². The predicted octanol–water partition coefficient (Wildman–Crippen LogP) is 2.26. The van der Waals surface area contributed by atoms with Gasteiger partial charge in [-0.2, -0.15) is 0 Å². The van der Waals surface area contributed by atoms with Gasteiger partial charge in [-0.1, -0.05) is 18.5 Å². The van der Waals surface area contributed by atoms with Crippen LogP contribution in [-0.2, 0) is 4.79 Å². The molecule has 1 aromatic carbocycles. The van der Waals surface area contributed by atoms with Gasteiger partial charge in [-0.25, -0.2) is 0 Å². The Morgan fingerprint density at radius 3 is 2.84 bits per heavy atom. The number of rotatable bonds is 3. The fraction of sp³-hybridized carbons (Fsp3) is 0.429. The molecule has 0 saturated carbocycles. The largest absolute Gasteiger partial charge is 0.358 e. The molecule has 1 amide bonds. The Hall–Kier alpha value is -1.55. The van der Waals surface area contributed by atoms with Crippen molar-refractivity contribution in [1.29, 1.82) is 0 Å². The van der Waals surface area contributed by atoms with Crippen molar-refractivity contribution in [3.8, 4) is 0 Å². The van der Waals surface area contributed by atoms with E-state index in [4.69, 9.17) is 11.6 Å². The molecule has 1 unspecified atom stereocenters. The van der Waals surface area contributed by atoms with Crippen molar-refractivity contribution in [3.63, 3.8) is 0 Å². The Morgan fingerprint density at radius 2 is 2.26 bits per heavy atom. The molecule has 1 N–H and O–H groups in total. The fourth-order valence-electron chi connectivity index (χ4n) is 2.40. The molecule has 0 spiro atoms. The molecule has 1 heterocycles. The van der Waals surface area contributed by atoms with Crippen molar-refractivity contribution >= 4 is 29.0 Å². The topological polar surface area (TPSA) is 49.4 Å². The Morgan fingerprint density at radius 1 is 1.53 bits per heavy atom. The standard InChI is InChI=1S/C14H17ClN2O2/c1-3-13-14(19)16-6-7-17(13)10-4-5-11(9(2)18)12(15)8-10/h4-5,8,13H,3,6-7H2,1-2H3,(H,16,19). The lowest BCUT2D eigenvalue weighted by molar-refractivity contribution is -0.123. The van der Waals surface area contributed by atoms with Crippen LogP contribution in [0.1, 0.15) is 30.6 Å². The average Bonchev–Trinajstić information content (AvgIpc) is 2.37. The molecule has 1 aliphatic heterocycles. The lowest BCUT2D eigenvalue weighted by Gasteiger charge is -2.36. The molecule has 1 aliphatic rings. The summed E-state index contributed by atoms with van der Waals surface area (Å²) < 4.78 is 0. The Kier molecular flexibility index (Phi) is 4.10. The number of hydrogen-bond acceptors (Lipinski definition) is 3. The lowest BCUT2D eigenvalue weighted by Crippen LogP contribution is -2.55. The van der Waals surface area contributed by atoms with Crippen LogP contribution in [0.25, 0.3) is 0 Å². The van der Waals surface area contributed by atoms with E-state index in [0.29, 0.717) is 17.1 Å². The van der Waals surface area contributed by atoms with Crippen molar-refractivity contribution in [2.75, 3.05) is 18.0 Å². The van der Waals surface area contributed by atoms with Crippen LogP contribution in [-0.4, -0.2) is 30.8 Å². The van der Waals surface area contributed by atoms with Crippen LogP contribution in [0.2, 0.25) is 5.02 Å². The van der Waals surface area contributed by atoms with E-state index in [0.717, 1.165) is 18.7 Å². The van der Waals surface area contributed by atoms with Gasteiger partial charge in [0.1, 0.15) is 6.04 Å². The molecule has 0 aliphatic carbocycles. The minimum atomic E-state index is -0.173. The predicted molar refractivity (Wildman–Crippen MR) is 75.9 cm³/mol. The molecule has 4 nitrogen and oxygen atoms in total. The van der Waals surface area contributed by atoms with E-state index >= 15 is 0 Å². The maximum atomic E-state index is 11.8. The van der Waals surface area contributed by atoms with Crippen molar-refractivity contribution in [2.45, 2.75) is 26.3 Å². The zero-order chi connectivity index (χ0) is 14.0. The van der Waals surface area contributed by atoms with E-state index < -0.39 is 0 Å². The zero-order valence-corrected chi connectivity index (χ0v) is 11.8. The third-order valence-electron chi connectivity index (χ3n) is 3.38. The number of amides is 1. The molecular weight excluding hydrogens is 264 g/mol. The van der Waals surface area contributed by atoms with Gasteiger partial charge in [0.05, 0.1) is 5.02 Å². The van der Waals surface area contributed by atoms with Crippen LogP contribution in [0, 0.1) is 0 Å². The highest BCUT2D eigenvalue weighted by molar-refractivity contribution is 6.34. The van der Waals surface area contributed by atoms with Gasteiger partial charge < -0.3 is 10.2 Å². The second kappa shape index (κ2) is 5.61. The number of carbonyl (C=O) groups excluding carboxylic acids is 2. The van der Waals surface area contributed by atoms with Gasteiger partial charge in [0.15, 0.2) is 5.78 Å². The maximum Gasteiger partial charge on any atom is 0.242 e. The minimum Gasteiger partial charge on any atom is -0.358 e. The van der Waals surface area contributed by atoms with Crippen molar-refractivity contribution in [1.82, 2.24) is 5.32 Å². The van der Waals surface area contributed by atoms with Gasteiger partial charge in [-0.3, -0.25) is 9.59 Å². The van der Waals surface area contributed by atoms with Gasteiger partial charge in [0.25, 0.3) is 0 Å². The number of anilines is 1. The maximum absolute atomic E-state index is 11.8. The molecule has 0 radical (unpaired) electrons. The smallest absolute Gasteiger partial charge is 0.242 e. The summed E-state index contributed by atoms with van der Waals surface area (Å²) in [6.07, 6.45) is 0.734. The second-order valence-electron chi connectivity index (χ2n) is 4.63. The molecule has 0 aromatic heterocycles. The first-order valence-electron chi connectivity index (χ1n) is 6.39. The summed E-state index contributed by atoms with van der Waals surface area (Å²) in [5.74, 6) is -0.0134. The summed E-state index contributed by atoms with van der Waals surface area (Å²) in [6.45, 7) is 4.85. The first kappa shape index (κ1) is 13.9. The van der Waals surface area contributed by atoms with E-state index in [-0.39, 0.29) is 17.7 Å². The van der Waals surface area contributed by atoms with E-state index in [1.165, 1.54) is 6.92 Å². The van der Waals surface area contributed by atoms with Gasteiger partial charge in [0.2, 0.25) is 5.91 Å². The molecule has 102 valence electrons. The first-order valence-corrected chi connectivity index (χ1v) is 6.77. The number of benzene rings is 1. The summed E-state index contributed by atoms with van der Waals surface area (Å²) in [5, 5.41) is 3.30. The molecule has 1 saturated heterocycles. The normalized spacial score (nSPS) is 19.2. The molecule has 5 heteroatoms. The van der Waals surface area contributed by atoms with E-state index in [2.05, 4.69) is 5.32 Å². The number of nitrogens with zero attached hydrogens (tertiary/aromatic N) is 1. The van der Waals surface area contributed by atoms with E-state index in [9.17, 15) is 9.59 Å². The molecule has 1 aromatic rings. The average molecular weight is 281 g/mol. The van der Waals surface area contributed by atoms with Gasteiger partial charge in [0, 0.05) is 24.3 Å². The molecular formula is C14H17ClN2O2. The highest BCUT2D eigenvalue weighted by Gasteiger charge is 2.28. The molecule has 1 fully saturated rings. The van der Waals surface area contributed by atoms with Crippen molar-refractivity contribution in [3.05, 3.63) is 28.8 Å². The van der Waals surface area contributed by atoms with Crippen LogP contribution >= 0.6 is 11.6 Å². The number of piperazine rings is 1. The number of carbonyl (C=O) groups is 2. The van der Waals surface area contributed by atoms with Crippen molar-refractivity contribution in [2.24, 2.45) is 0 Å². The summed E-state index contributed by atoms with van der Waals surface area (Å²) in [5.41, 5.74) is 1.40. The Bertz CT molecular complexity index is 516. The SMILES string of the molecule is CCC1C(=O)NCCN1c1ccc(C(C)=O)c(Cl)c1. The summed E-state index contributed by atoms with van der Waals surface area (Å²) in [7, 11) is 0. The molecule has 1 atom stereocenters. The highest BCUT2D eigenvalue weighted by atomic mass is 35.5. The van der Waals surface area contributed by atoms with Gasteiger partial charge >= 0.3 is 0 Å². The number of ketones is 1. The number of Topliss-reactive ketones (excluding diaryl/α,β-unsaturated/α-hetero) is 1. The van der Waals surface area contributed by atoms with E-state index in [1.807, 2.05) is 17.9 Å². The summed E-state index contributed by atoms with van der Waals surface area (Å²) in [4.78, 5) is 25.2.